The molecule has 3 rings (SSSR count). The minimum Gasteiger partial charge on any atom is -0.373 e. The Kier molecular flexibility index (Phi) is 7.81. The van der Waals surface area contributed by atoms with Crippen LogP contribution in [0.4, 0.5) is 0 Å². The summed E-state index contributed by atoms with van der Waals surface area (Å²) in [4.78, 5) is 48.5. The van der Waals surface area contributed by atoms with Crippen molar-refractivity contribution in [3.63, 3.8) is 0 Å². The van der Waals surface area contributed by atoms with E-state index in [1.807, 2.05) is 0 Å². The lowest BCUT2D eigenvalue weighted by molar-refractivity contribution is -0.118. The summed E-state index contributed by atoms with van der Waals surface area (Å²) in [5.74, 6) is -1.26. The van der Waals surface area contributed by atoms with Crippen LogP contribution in [-0.2, 0) is 11.3 Å². The number of aliphatic hydroxyl groups is 1. The molecule has 1 aliphatic carbocycles. The maximum atomic E-state index is 12.8. The number of amides is 2. The molecule has 1 aromatic heterocycles. The molecule has 0 radical (unpaired) electrons. The minimum absolute atomic E-state index is 0.0264. The molecule has 1 unspecified atom stereocenters. The van der Waals surface area contributed by atoms with Crippen LogP contribution in [0.5, 0.6) is 0 Å². The fraction of sp³-hybridized carbons (Fsp3) is 0.476. The van der Waals surface area contributed by atoms with Gasteiger partial charge in [0.25, 0.3) is 11.5 Å². The molecular weight excluding hydrogens is 438 g/mol. The van der Waals surface area contributed by atoms with Gasteiger partial charge in [0.15, 0.2) is 0 Å². The van der Waals surface area contributed by atoms with E-state index >= 15 is 0 Å². The van der Waals surface area contributed by atoms with E-state index in [2.05, 4.69) is 10.4 Å². The number of hydrogen-bond donors (Lipinski definition) is 3. The van der Waals surface area contributed by atoms with Crippen molar-refractivity contribution in [1.82, 2.24) is 19.7 Å². The number of carbonyl (C=O) groups is 2. The van der Waals surface area contributed by atoms with E-state index < -0.39 is 29.3 Å². The molecule has 1 aromatic carbocycles. The van der Waals surface area contributed by atoms with Crippen molar-refractivity contribution in [2.75, 3.05) is 0 Å². The van der Waals surface area contributed by atoms with Gasteiger partial charge >= 0.3 is 5.69 Å². The molecule has 1 atom stereocenters. The molecule has 0 aliphatic heterocycles. The third kappa shape index (κ3) is 5.63. The fourth-order valence-electron chi connectivity index (χ4n) is 3.82. The van der Waals surface area contributed by atoms with E-state index in [1.165, 1.54) is 18.2 Å². The molecule has 1 heterocycles. The van der Waals surface area contributed by atoms with Crippen LogP contribution in [-0.4, -0.2) is 37.5 Å². The third-order valence-corrected chi connectivity index (χ3v) is 5.94. The van der Waals surface area contributed by atoms with Crippen LogP contribution in [0.25, 0.3) is 5.69 Å². The maximum Gasteiger partial charge on any atom is 0.352 e. The van der Waals surface area contributed by atoms with Crippen LogP contribution >= 0.6 is 11.6 Å². The average Bonchev–Trinajstić information content (AvgIpc) is 3.04. The van der Waals surface area contributed by atoms with Crippen molar-refractivity contribution >= 4 is 23.4 Å². The van der Waals surface area contributed by atoms with Gasteiger partial charge < -0.3 is 16.2 Å². The number of hydrogen-bond acceptors (Lipinski definition) is 6. The van der Waals surface area contributed by atoms with Gasteiger partial charge in [-0.1, -0.05) is 37.3 Å². The highest BCUT2D eigenvalue weighted by Crippen LogP contribution is 2.25. The van der Waals surface area contributed by atoms with E-state index in [0.29, 0.717) is 0 Å². The number of benzene rings is 1. The Hall–Kier alpha value is -2.98. The minimum atomic E-state index is -1.00. The smallest absolute Gasteiger partial charge is 0.352 e. The van der Waals surface area contributed by atoms with Gasteiger partial charge in [-0.25, -0.2) is 4.79 Å². The first-order chi connectivity index (χ1) is 15.3. The number of carbonyl (C=O) groups excluding carboxylic acids is 2. The number of aliphatic hydroxyl groups excluding tert-OH is 1. The first-order valence-electron chi connectivity index (χ1n) is 10.5. The number of nitrogens with zero attached hydrogens (tertiary/aromatic N) is 3. The van der Waals surface area contributed by atoms with Gasteiger partial charge in [0.2, 0.25) is 5.91 Å². The van der Waals surface area contributed by atoms with E-state index in [-0.39, 0.29) is 35.2 Å². The van der Waals surface area contributed by atoms with Crippen LogP contribution in [0.2, 0.25) is 5.02 Å². The monoisotopic (exact) mass is 463 g/mol. The summed E-state index contributed by atoms with van der Waals surface area (Å²) in [5, 5.41) is 17.1. The van der Waals surface area contributed by atoms with Gasteiger partial charge in [-0.15, -0.1) is 0 Å². The summed E-state index contributed by atoms with van der Waals surface area (Å²) < 4.78 is 1.76. The lowest BCUT2D eigenvalue weighted by atomic mass is 9.98. The number of primary amides is 1. The van der Waals surface area contributed by atoms with Crippen LogP contribution in [0, 0.1) is 5.92 Å². The van der Waals surface area contributed by atoms with E-state index in [9.17, 15) is 24.3 Å². The molecule has 1 fully saturated rings. The average molecular weight is 464 g/mol. The van der Waals surface area contributed by atoms with Crippen molar-refractivity contribution in [3.05, 3.63) is 55.8 Å². The molecule has 4 N–H and O–H groups in total. The second kappa shape index (κ2) is 10.6. The Morgan fingerprint density at radius 2 is 1.91 bits per heavy atom. The van der Waals surface area contributed by atoms with E-state index in [1.54, 1.807) is 0 Å². The Morgan fingerprint density at radius 3 is 2.56 bits per heavy atom. The molecule has 2 aromatic rings. The molecular formula is C21H26ClN5O5. The number of nitrogens with two attached hydrogens (primary N) is 1. The second-order valence-corrected chi connectivity index (χ2v) is 8.29. The molecule has 1 aliphatic rings. The number of aromatic nitrogens is 3. The second-order valence-electron chi connectivity index (χ2n) is 7.88. The normalized spacial score (nSPS) is 15.7. The third-order valence-electron chi connectivity index (χ3n) is 5.61. The van der Waals surface area contributed by atoms with Gasteiger partial charge in [-0.3, -0.25) is 19.0 Å². The van der Waals surface area contributed by atoms with Gasteiger partial charge in [0.05, 0.1) is 16.3 Å². The summed E-state index contributed by atoms with van der Waals surface area (Å²) in [6.07, 6.45) is 5.67. The Morgan fingerprint density at radius 1 is 1.22 bits per heavy atom. The molecule has 0 saturated heterocycles. The molecule has 0 spiro atoms. The number of nitrogens with one attached hydrogen (secondary N) is 1. The Bertz CT molecular complexity index is 1100. The largest absolute Gasteiger partial charge is 0.373 e. The van der Waals surface area contributed by atoms with Crippen molar-refractivity contribution in [2.24, 2.45) is 11.7 Å². The van der Waals surface area contributed by atoms with Gasteiger partial charge in [0, 0.05) is 18.9 Å². The number of rotatable bonds is 7. The van der Waals surface area contributed by atoms with Gasteiger partial charge in [-0.2, -0.15) is 9.78 Å². The predicted molar refractivity (Wildman–Crippen MR) is 118 cm³/mol. The first kappa shape index (κ1) is 23.7. The molecule has 0 bridgehead atoms. The van der Waals surface area contributed by atoms with Crippen LogP contribution in [0.1, 0.15) is 55.3 Å². The van der Waals surface area contributed by atoms with Gasteiger partial charge in [-0.05, 0) is 31.0 Å². The highest BCUT2D eigenvalue weighted by molar-refractivity contribution is 6.33. The standard InChI is InChI=1S/C21H26ClN5O5/c22-16-8-7-14(27-21(32)26(10-9-17(23)28)18(29)12-24-27)11-15(16)20(31)25-19(30)13-5-3-1-2-4-6-13/h7-8,11-13,19,30H,1-6,9-10H2,(H2,23,28)(H,25,31). The fourth-order valence-corrected chi connectivity index (χ4v) is 4.02. The summed E-state index contributed by atoms with van der Waals surface area (Å²) in [7, 11) is 0. The van der Waals surface area contributed by atoms with Crippen molar-refractivity contribution in [2.45, 2.75) is 57.7 Å². The topological polar surface area (TPSA) is 149 Å². The predicted octanol–water partition coefficient (Wildman–Crippen LogP) is 0.942. The van der Waals surface area contributed by atoms with Crippen molar-refractivity contribution in [3.8, 4) is 5.69 Å². The zero-order valence-corrected chi connectivity index (χ0v) is 18.3. The molecule has 172 valence electrons. The molecule has 2 amide bonds. The lowest BCUT2D eigenvalue weighted by Gasteiger charge is -2.22. The summed E-state index contributed by atoms with van der Waals surface area (Å²) in [6, 6.07) is 4.25. The van der Waals surface area contributed by atoms with E-state index in [0.717, 1.165) is 54.0 Å². The zero-order chi connectivity index (χ0) is 23.3. The van der Waals surface area contributed by atoms with Crippen LogP contribution in [0.3, 0.4) is 0 Å². The van der Waals surface area contributed by atoms with Crippen molar-refractivity contribution < 1.29 is 14.7 Å². The highest BCUT2D eigenvalue weighted by Gasteiger charge is 2.24. The Balaban J connectivity index is 1.86. The summed E-state index contributed by atoms with van der Waals surface area (Å²) >= 11 is 6.20. The van der Waals surface area contributed by atoms with Gasteiger partial charge in [0.1, 0.15) is 12.4 Å². The van der Waals surface area contributed by atoms with Crippen molar-refractivity contribution in [1.29, 1.82) is 0 Å². The summed E-state index contributed by atoms with van der Waals surface area (Å²) in [6.45, 7) is -0.190. The molecule has 10 nitrogen and oxygen atoms in total. The Labute approximate surface area is 189 Å². The first-order valence-corrected chi connectivity index (χ1v) is 10.9. The van der Waals surface area contributed by atoms with E-state index in [4.69, 9.17) is 17.3 Å². The SMILES string of the molecule is NC(=O)CCn1c(=O)cnn(-c2ccc(Cl)c(C(=O)NC(O)C3CCCCCC3)c2)c1=O. The summed E-state index contributed by atoms with van der Waals surface area (Å²) in [5.41, 5.74) is 3.89. The molecule has 11 heteroatoms. The number of halogens is 1. The highest BCUT2D eigenvalue weighted by atomic mass is 35.5. The molecule has 32 heavy (non-hydrogen) atoms. The van der Waals surface area contributed by atoms with Crippen LogP contribution < -0.4 is 22.3 Å². The quantitative estimate of drug-likeness (QED) is 0.411. The maximum absolute atomic E-state index is 12.8. The molecule has 1 saturated carbocycles. The zero-order valence-electron chi connectivity index (χ0n) is 17.5. The van der Waals surface area contributed by atoms with Crippen LogP contribution in [0.15, 0.2) is 34.0 Å². The lowest BCUT2D eigenvalue weighted by Crippen LogP contribution is -2.41.